The SMILES string of the molecule is O=C(NCc1ccccc1)N1C[C@H](c2ccccc2)C(c2ccc(Cl)cc2)=N1. The molecule has 2 amide bonds. The van der Waals surface area contributed by atoms with Gasteiger partial charge in [0.15, 0.2) is 0 Å². The van der Waals surface area contributed by atoms with E-state index in [0.717, 1.165) is 22.4 Å². The van der Waals surface area contributed by atoms with Crippen LogP contribution in [-0.4, -0.2) is 23.3 Å². The van der Waals surface area contributed by atoms with Gasteiger partial charge in [0.2, 0.25) is 0 Å². The van der Waals surface area contributed by atoms with Gasteiger partial charge in [0.05, 0.1) is 12.3 Å². The van der Waals surface area contributed by atoms with Crippen LogP contribution < -0.4 is 5.32 Å². The zero-order valence-electron chi connectivity index (χ0n) is 15.3. The molecule has 0 aromatic heterocycles. The Labute approximate surface area is 169 Å². The third kappa shape index (κ3) is 4.07. The molecule has 1 heterocycles. The van der Waals surface area contributed by atoms with E-state index in [1.165, 1.54) is 5.01 Å². The fourth-order valence-corrected chi connectivity index (χ4v) is 3.45. The van der Waals surface area contributed by atoms with Gasteiger partial charge in [0.25, 0.3) is 0 Å². The maximum absolute atomic E-state index is 12.7. The zero-order chi connectivity index (χ0) is 19.3. The van der Waals surface area contributed by atoms with E-state index in [0.29, 0.717) is 18.1 Å². The number of halogens is 1. The Kier molecular flexibility index (Phi) is 5.40. The number of amides is 2. The van der Waals surface area contributed by atoms with Crippen LogP contribution in [0.4, 0.5) is 4.79 Å². The first-order valence-corrected chi connectivity index (χ1v) is 9.57. The summed E-state index contributed by atoms with van der Waals surface area (Å²) in [4.78, 5) is 12.7. The Bertz CT molecular complexity index is 972. The van der Waals surface area contributed by atoms with Gasteiger partial charge in [-0.2, -0.15) is 5.10 Å². The Balaban J connectivity index is 1.56. The van der Waals surface area contributed by atoms with Crippen LogP contribution in [0.1, 0.15) is 22.6 Å². The highest BCUT2D eigenvalue weighted by molar-refractivity contribution is 6.30. The summed E-state index contributed by atoms with van der Waals surface area (Å²) in [5, 5.41) is 9.80. The van der Waals surface area contributed by atoms with E-state index in [2.05, 4.69) is 22.6 Å². The monoisotopic (exact) mass is 389 g/mol. The third-order valence-corrected chi connectivity index (χ3v) is 5.03. The highest BCUT2D eigenvalue weighted by atomic mass is 35.5. The lowest BCUT2D eigenvalue weighted by Gasteiger charge is -2.16. The van der Waals surface area contributed by atoms with Crippen LogP contribution in [0.5, 0.6) is 0 Å². The summed E-state index contributed by atoms with van der Waals surface area (Å²) in [5.74, 6) is 0.0184. The molecule has 0 aliphatic carbocycles. The Morgan fingerprint density at radius 2 is 1.61 bits per heavy atom. The lowest BCUT2D eigenvalue weighted by molar-refractivity contribution is 0.203. The van der Waals surface area contributed by atoms with Crippen molar-refractivity contribution >= 4 is 23.3 Å². The maximum Gasteiger partial charge on any atom is 0.338 e. The van der Waals surface area contributed by atoms with Crippen LogP contribution in [-0.2, 0) is 6.54 Å². The molecule has 28 heavy (non-hydrogen) atoms. The standard InChI is InChI=1S/C23H20ClN3O/c24-20-13-11-19(12-14-20)22-21(18-9-5-2-6-10-18)16-27(26-22)23(28)25-15-17-7-3-1-4-8-17/h1-14,21H,15-16H2,(H,25,28)/t21-/m1/s1. The fourth-order valence-electron chi connectivity index (χ4n) is 3.32. The molecule has 0 saturated heterocycles. The number of urea groups is 1. The second kappa shape index (κ2) is 8.28. The van der Waals surface area contributed by atoms with Gasteiger partial charge in [-0.05, 0) is 28.8 Å². The summed E-state index contributed by atoms with van der Waals surface area (Å²) in [6.45, 7) is 0.973. The highest BCUT2D eigenvalue weighted by Crippen LogP contribution is 2.29. The molecule has 4 rings (SSSR count). The second-order valence-electron chi connectivity index (χ2n) is 6.68. The largest absolute Gasteiger partial charge is 0.338 e. The molecule has 3 aromatic rings. The van der Waals surface area contributed by atoms with Crippen molar-refractivity contribution in [3.8, 4) is 0 Å². The molecule has 1 atom stereocenters. The number of hydrogen-bond donors (Lipinski definition) is 1. The molecule has 0 unspecified atom stereocenters. The van der Waals surface area contributed by atoms with E-state index in [9.17, 15) is 4.79 Å². The van der Waals surface area contributed by atoms with Gasteiger partial charge in [-0.15, -0.1) is 0 Å². The molecule has 1 aliphatic heterocycles. The molecule has 3 aromatic carbocycles. The highest BCUT2D eigenvalue weighted by Gasteiger charge is 2.32. The number of nitrogens with zero attached hydrogens (tertiary/aromatic N) is 2. The van der Waals surface area contributed by atoms with Gasteiger partial charge >= 0.3 is 6.03 Å². The van der Waals surface area contributed by atoms with Crippen LogP contribution in [0.2, 0.25) is 5.02 Å². The number of nitrogens with one attached hydrogen (secondary N) is 1. The fraction of sp³-hybridized carbons (Fsp3) is 0.130. The van der Waals surface area contributed by atoms with Crippen molar-refractivity contribution in [2.24, 2.45) is 5.10 Å². The molecule has 0 spiro atoms. The Morgan fingerprint density at radius 3 is 2.29 bits per heavy atom. The Morgan fingerprint density at radius 1 is 0.964 bits per heavy atom. The van der Waals surface area contributed by atoms with Crippen molar-refractivity contribution in [1.82, 2.24) is 10.3 Å². The smallest absolute Gasteiger partial charge is 0.332 e. The summed E-state index contributed by atoms with van der Waals surface area (Å²) < 4.78 is 0. The van der Waals surface area contributed by atoms with Crippen molar-refractivity contribution < 1.29 is 4.79 Å². The van der Waals surface area contributed by atoms with Gasteiger partial charge in [-0.1, -0.05) is 84.4 Å². The zero-order valence-corrected chi connectivity index (χ0v) is 16.0. The normalized spacial score (nSPS) is 16.0. The summed E-state index contributed by atoms with van der Waals surface area (Å²) in [6, 6.07) is 27.4. The molecule has 1 aliphatic rings. The first-order chi connectivity index (χ1) is 13.7. The van der Waals surface area contributed by atoms with Gasteiger partial charge in [-0.25, -0.2) is 9.80 Å². The number of carbonyl (C=O) groups is 1. The second-order valence-corrected chi connectivity index (χ2v) is 7.12. The molecule has 0 bridgehead atoms. The topological polar surface area (TPSA) is 44.7 Å². The molecule has 0 saturated carbocycles. The minimum absolute atomic E-state index is 0.0184. The molecular weight excluding hydrogens is 370 g/mol. The molecule has 140 valence electrons. The lowest BCUT2D eigenvalue weighted by atomic mass is 9.91. The Hall–Kier alpha value is -3.11. The molecule has 0 fully saturated rings. The van der Waals surface area contributed by atoms with Gasteiger partial charge in [0.1, 0.15) is 0 Å². The predicted octanol–water partition coefficient (Wildman–Crippen LogP) is 5.05. The number of hydrazone groups is 1. The van der Waals surface area contributed by atoms with Crippen LogP contribution in [0.15, 0.2) is 90.0 Å². The van der Waals surface area contributed by atoms with Crippen molar-refractivity contribution in [2.75, 3.05) is 6.54 Å². The minimum atomic E-state index is -0.200. The minimum Gasteiger partial charge on any atom is -0.332 e. The van der Waals surface area contributed by atoms with Crippen molar-refractivity contribution in [1.29, 1.82) is 0 Å². The molecule has 5 heteroatoms. The first kappa shape index (κ1) is 18.3. The first-order valence-electron chi connectivity index (χ1n) is 9.19. The number of benzene rings is 3. The lowest BCUT2D eigenvalue weighted by Crippen LogP contribution is -2.35. The van der Waals surface area contributed by atoms with E-state index in [-0.39, 0.29) is 11.9 Å². The van der Waals surface area contributed by atoms with E-state index < -0.39 is 0 Å². The van der Waals surface area contributed by atoms with Gasteiger partial charge < -0.3 is 5.32 Å². The summed E-state index contributed by atoms with van der Waals surface area (Å²) in [5.41, 5.74) is 4.03. The third-order valence-electron chi connectivity index (χ3n) is 4.78. The van der Waals surface area contributed by atoms with Crippen molar-refractivity contribution in [3.63, 3.8) is 0 Å². The van der Waals surface area contributed by atoms with Crippen LogP contribution in [0, 0.1) is 0 Å². The van der Waals surface area contributed by atoms with Crippen LogP contribution in [0.3, 0.4) is 0 Å². The van der Waals surface area contributed by atoms with Gasteiger partial charge in [-0.3, -0.25) is 0 Å². The predicted molar refractivity (Wildman–Crippen MR) is 113 cm³/mol. The molecule has 4 nitrogen and oxygen atoms in total. The summed E-state index contributed by atoms with van der Waals surface area (Å²) >= 11 is 6.04. The average molecular weight is 390 g/mol. The quantitative estimate of drug-likeness (QED) is 0.666. The maximum atomic E-state index is 12.7. The summed E-state index contributed by atoms with van der Waals surface area (Å²) in [7, 11) is 0. The van der Waals surface area contributed by atoms with Gasteiger partial charge in [0, 0.05) is 17.5 Å². The van der Waals surface area contributed by atoms with E-state index in [4.69, 9.17) is 11.6 Å². The van der Waals surface area contributed by atoms with Crippen LogP contribution >= 0.6 is 11.6 Å². The number of carbonyl (C=O) groups excluding carboxylic acids is 1. The van der Waals surface area contributed by atoms with Crippen molar-refractivity contribution in [2.45, 2.75) is 12.5 Å². The summed E-state index contributed by atoms with van der Waals surface area (Å²) in [6.07, 6.45) is 0. The molecular formula is C23H20ClN3O. The number of hydrogen-bond acceptors (Lipinski definition) is 2. The molecule has 0 radical (unpaired) electrons. The average Bonchev–Trinajstić information content (AvgIpc) is 3.19. The van der Waals surface area contributed by atoms with E-state index >= 15 is 0 Å². The van der Waals surface area contributed by atoms with Crippen molar-refractivity contribution in [3.05, 3.63) is 107 Å². The molecule has 1 N–H and O–H groups in total. The van der Waals surface area contributed by atoms with E-state index in [1.807, 2.05) is 72.8 Å². The van der Waals surface area contributed by atoms with Crippen LogP contribution in [0.25, 0.3) is 0 Å². The van der Waals surface area contributed by atoms with E-state index in [1.54, 1.807) is 0 Å². The number of rotatable bonds is 4.